The van der Waals surface area contributed by atoms with E-state index in [4.69, 9.17) is 37.9 Å². The summed E-state index contributed by atoms with van der Waals surface area (Å²) in [6.45, 7) is 5.96. The van der Waals surface area contributed by atoms with Gasteiger partial charge in [0.25, 0.3) is 0 Å². The summed E-state index contributed by atoms with van der Waals surface area (Å²) in [4.78, 5) is 71.5. The molecule has 2 aliphatic heterocycles. The van der Waals surface area contributed by atoms with E-state index >= 15 is 0 Å². The van der Waals surface area contributed by atoms with Gasteiger partial charge in [-0.15, -0.1) is 0 Å². The molecular weight excluding hydrogens is 650 g/mol. The van der Waals surface area contributed by atoms with Gasteiger partial charge in [-0.2, -0.15) is 0 Å². The van der Waals surface area contributed by atoms with Crippen molar-refractivity contribution in [2.24, 2.45) is 0 Å². The van der Waals surface area contributed by atoms with Gasteiger partial charge in [-0.05, 0) is 12.8 Å². The maximum absolute atomic E-state index is 12.3. The lowest BCUT2D eigenvalue weighted by Gasteiger charge is -2.48. The van der Waals surface area contributed by atoms with Gasteiger partial charge in [0.2, 0.25) is 5.91 Å². The lowest BCUT2D eigenvalue weighted by Crippen LogP contribution is -2.69. The van der Waals surface area contributed by atoms with Crippen LogP contribution in [0.1, 0.15) is 60.8 Å². The quantitative estimate of drug-likeness (QED) is 0.105. The van der Waals surface area contributed by atoms with Crippen molar-refractivity contribution >= 4 is 46.7 Å². The van der Waals surface area contributed by atoms with Gasteiger partial charge >= 0.3 is 23.9 Å². The van der Waals surface area contributed by atoms with E-state index in [2.05, 4.69) is 5.32 Å². The third kappa shape index (κ3) is 13.3. The molecule has 18 heteroatoms. The molecule has 2 aliphatic rings. The number of aliphatic hydroxyl groups excluding tert-OH is 2. The van der Waals surface area contributed by atoms with Crippen LogP contribution >= 0.6 is 11.8 Å². The van der Waals surface area contributed by atoms with E-state index in [1.807, 2.05) is 0 Å². The van der Waals surface area contributed by atoms with Crippen LogP contribution in [0.3, 0.4) is 0 Å². The van der Waals surface area contributed by atoms with Crippen molar-refractivity contribution in [3.8, 4) is 0 Å². The third-order valence-corrected chi connectivity index (χ3v) is 7.74. The number of thioether (sulfide) groups is 1. The van der Waals surface area contributed by atoms with Gasteiger partial charge in [0.05, 0.1) is 6.61 Å². The fourth-order valence-electron chi connectivity index (χ4n) is 5.01. The number of aliphatic hydroxyl groups is 2. The summed E-state index contributed by atoms with van der Waals surface area (Å²) >= 11 is 1.22. The first kappa shape index (κ1) is 40.3. The molecule has 2 rings (SSSR count). The summed E-state index contributed by atoms with van der Waals surface area (Å²) in [5.74, 6) is -3.17. The summed E-state index contributed by atoms with van der Waals surface area (Å²) in [5, 5.41) is 23.9. The summed E-state index contributed by atoms with van der Waals surface area (Å²) in [6.07, 6.45) is -11.2. The molecule has 0 bridgehead atoms. The lowest BCUT2D eigenvalue weighted by atomic mass is 9.95. The first-order valence-corrected chi connectivity index (χ1v) is 16.1. The normalized spacial score (nSPS) is 30.5. The smallest absolute Gasteiger partial charge is 0.303 e. The third-order valence-electron chi connectivity index (χ3n) is 6.84. The SMILES string of the molecule is CC(=O)N[C@H]1[C@@H](OCCCCCSC(C)=O)O[C@H](CO)[C@H](O)[C@@H]1O[C@@H]1O[C@H](COC(C)=O)[C@H](OC(C)=O)[C@H](OC(C)=O)[C@H]1OC(C)=O. The maximum atomic E-state index is 12.3. The molecule has 0 aliphatic carbocycles. The Kier molecular flexibility index (Phi) is 17.0. The summed E-state index contributed by atoms with van der Waals surface area (Å²) in [5.41, 5.74) is 0. The van der Waals surface area contributed by atoms with E-state index in [0.29, 0.717) is 18.6 Å². The molecule has 0 aromatic heterocycles. The highest BCUT2D eigenvalue weighted by atomic mass is 32.2. The van der Waals surface area contributed by atoms with Crippen LogP contribution in [-0.2, 0) is 66.7 Å². The minimum Gasteiger partial charge on any atom is -0.463 e. The van der Waals surface area contributed by atoms with Gasteiger partial charge in [-0.3, -0.25) is 28.8 Å². The van der Waals surface area contributed by atoms with E-state index in [1.165, 1.54) is 25.6 Å². The molecule has 268 valence electrons. The number of amides is 1. The van der Waals surface area contributed by atoms with Gasteiger partial charge in [0, 0.05) is 53.9 Å². The van der Waals surface area contributed by atoms with Crippen LogP contribution < -0.4 is 5.32 Å². The second kappa shape index (κ2) is 19.8. The number of unbranched alkanes of at least 4 members (excludes halogenated alkanes) is 2. The molecule has 0 aromatic carbocycles. The monoisotopic (exact) mass is 695 g/mol. The Morgan fingerprint density at radius 2 is 1.32 bits per heavy atom. The summed E-state index contributed by atoms with van der Waals surface area (Å²) < 4.78 is 45.2. The van der Waals surface area contributed by atoms with Crippen molar-refractivity contribution in [2.75, 3.05) is 25.6 Å². The van der Waals surface area contributed by atoms with Gasteiger partial charge in [0.1, 0.15) is 37.1 Å². The van der Waals surface area contributed by atoms with E-state index in [1.54, 1.807) is 0 Å². The van der Waals surface area contributed by atoms with Crippen molar-refractivity contribution in [3.63, 3.8) is 0 Å². The Labute approximate surface area is 276 Å². The molecule has 2 fully saturated rings. The lowest BCUT2D eigenvalue weighted by molar-refractivity contribution is -0.346. The number of carbonyl (C=O) groups excluding carboxylic acids is 6. The highest BCUT2D eigenvalue weighted by Gasteiger charge is 2.56. The van der Waals surface area contributed by atoms with Gasteiger partial charge in [0.15, 0.2) is 36.0 Å². The first-order valence-electron chi connectivity index (χ1n) is 15.1. The van der Waals surface area contributed by atoms with Crippen LogP contribution in [0.25, 0.3) is 0 Å². The fourth-order valence-corrected chi connectivity index (χ4v) is 5.65. The van der Waals surface area contributed by atoms with Crippen LogP contribution in [0.15, 0.2) is 0 Å². The van der Waals surface area contributed by atoms with Gasteiger partial charge < -0.3 is 53.4 Å². The molecule has 10 atom stereocenters. The number of esters is 4. The summed E-state index contributed by atoms with van der Waals surface area (Å²) in [6, 6.07) is -1.22. The predicted molar refractivity (Wildman–Crippen MR) is 159 cm³/mol. The Morgan fingerprint density at radius 1 is 0.723 bits per heavy atom. The van der Waals surface area contributed by atoms with E-state index in [0.717, 1.165) is 34.1 Å². The highest BCUT2D eigenvalue weighted by Crippen LogP contribution is 2.33. The van der Waals surface area contributed by atoms with Gasteiger partial charge in [-0.1, -0.05) is 18.2 Å². The van der Waals surface area contributed by atoms with Crippen LogP contribution in [0, 0.1) is 0 Å². The van der Waals surface area contributed by atoms with Crippen molar-refractivity contribution < 1.29 is 76.9 Å². The largest absolute Gasteiger partial charge is 0.463 e. The minimum absolute atomic E-state index is 0.0197. The number of rotatable bonds is 16. The molecular formula is C29H45NO16S. The molecule has 0 spiro atoms. The van der Waals surface area contributed by atoms with E-state index in [9.17, 15) is 39.0 Å². The van der Waals surface area contributed by atoms with Crippen LogP contribution in [0.2, 0.25) is 0 Å². The van der Waals surface area contributed by atoms with Crippen molar-refractivity contribution in [2.45, 2.75) is 122 Å². The highest BCUT2D eigenvalue weighted by molar-refractivity contribution is 8.13. The fraction of sp³-hybridized carbons (Fsp3) is 0.793. The van der Waals surface area contributed by atoms with Crippen molar-refractivity contribution in [1.82, 2.24) is 5.32 Å². The van der Waals surface area contributed by atoms with Crippen LogP contribution in [0.4, 0.5) is 0 Å². The molecule has 2 saturated heterocycles. The number of hydrogen-bond acceptors (Lipinski definition) is 17. The Morgan fingerprint density at radius 3 is 1.87 bits per heavy atom. The molecule has 2 heterocycles. The zero-order valence-corrected chi connectivity index (χ0v) is 28.1. The second-order valence-electron chi connectivity index (χ2n) is 10.9. The molecule has 0 saturated carbocycles. The molecule has 0 aromatic rings. The standard InChI is InChI=1S/C29H45NO16S/c1-14(32)30-22-25(23(38)20(12-31)44-28(22)39-10-8-7-9-11-47-19(6)37)46-29-27(43-18(5)36)26(42-17(4)35)24(41-16(3)34)21(45-29)13-40-15(2)33/h20-29,31,38H,7-13H2,1-6H3,(H,30,32)/t20-,21-,22-,23+,24+,25-,26+,27-,28+,29+/m1/s1. The van der Waals surface area contributed by atoms with Crippen molar-refractivity contribution in [3.05, 3.63) is 0 Å². The number of hydrogen-bond donors (Lipinski definition) is 3. The van der Waals surface area contributed by atoms with Crippen LogP contribution in [-0.4, -0.2) is 132 Å². The number of nitrogens with one attached hydrogen (secondary N) is 1. The van der Waals surface area contributed by atoms with Crippen molar-refractivity contribution in [1.29, 1.82) is 0 Å². The van der Waals surface area contributed by atoms with Gasteiger partial charge in [-0.25, -0.2) is 0 Å². The topological polar surface area (TPSA) is 229 Å². The number of carbonyl (C=O) groups is 6. The summed E-state index contributed by atoms with van der Waals surface area (Å²) in [7, 11) is 0. The number of ether oxygens (including phenoxy) is 8. The Bertz CT molecular complexity index is 1090. The molecule has 17 nitrogen and oxygen atoms in total. The molecule has 0 radical (unpaired) electrons. The maximum Gasteiger partial charge on any atom is 0.303 e. The zero-order valence-electron chi connectivity index (χ0n) is 27.2. The predicted octanol–water partition coefficient (Wildman–Crippen LogP) is -0.496. The first-order chi connectivity index (χ1) is 22.1. The average Bonchev–Trinajstić information content (AvgIpc) is 2.96. The Hall–Kier alpha value is -2.87. The molecule has 3 N–H and O–H groups in total. The minimum atomic E-state index is -1.69. The average molecular weight is 696 g/mol. The Balaban J connectivity index is 2.44. The molecule has 1 amide bonds. The second-order valence-corrected chi connectivity index (χ2v) is 12.2. The van der Waals surface area contributed by atoms with Crippen LogP contribution in [0.5, 0.6) is 0 Å². The van der Waals surface area contributed by atoms with E-state index in [-0.39, 0.29) is 11.7 Å². The molecule has 47 heavy (non-hydrogen) atoms. The van der Waals surface area contributed by atoms with E-state index < -0.39 is 104 Å². The molecule has 0 unspecified atom stereocenters. The zero-order chi connectivity index (χ0) is 35.3.